The van der Waals surface area contributed by atoms with Crippen LogP contribution in [0, 0.1) is 5.82 Å². The van der Waals surface area contributed by atoms with E-state index in [0.717, 1.165) is 6.07 Å². The fraction of sp³-hybridized carbons (Fsp3) is 0.429. The maximum absolute atomic E-state index is 13.5. The Labute approximate surface area is 133 Å². The summed E-state index contributed by atoms with van der Waals surface area (Å²) in [7, 11) is 0. The number of amides is 2. The predicted octanol–water partition coefficient (Wildman–Crippen LogP) is 3.12. The number of benzene rings is 1. The van der Waals surface area contributed by atoms with Crippen molar-refractivity contribution >= 4 is 35.0 Å². The normalized spacial score (nSPS) is 10.6. The topological polar surface area (TPSA) is 49.4 Å². The molecule has 116 valence electrons. The van der Waals surface area contributed by atoms with Crippen LogP contribution >= 0.6 is 23.2 Å². The lowest BCUT2D eigenvalue weighted by Crippen LogP contribution is -2.42. The summed E-state index contributed by atoms with van der Waals surface area (Å²) in [4.78, 5) is 25.3. The van der Waals surface area contributed by atoms with Crippen LogP contribution in [-0.2, 0) is 4.79 Å². The minimum Gasteiger partial charge on any atom is -0.352 e. The monoisotopic (exact) mass is 334 g/mol. The molecule has 0 saturated heterocycles. The van der Waals surface area contributed by atoms with Crippen molar-refractivity contribution in [3.05, 3.63) is 33.6 Å². The van der Waals surface area contributed by atoms with E-state index in [2.05, 4.69) is 5.32 Å². The number of likely N-dealkylation sites (N-methyl/N-ethyl adjacent to an activating group) is 1. The van der Waals surface area contributed by atoms with Crippen molar-refractivity contribution in [1.82, 2.24) is 10.2 Å². The third-order valence-electron chi connectivity index (χ3n) is 2.69. The van der Waals surface area contributed by atoms with E-state index in [1.54, 1.807) is 6.92 Å². The van der Waals surface area contributed by atoms with Crippen molar-refractivity contribution in [2.24, 2.45) is 0 Å². The SMILES string of the molecule is CCN(CC(=O)NC(C)C)C(=O)c1cc(F)c(Cl)cc1Cl. The van der Waals surface area contributed by atoms with E-state index >= 15 is 0 Å². The second-order valence-electron chi connectivity index (χ2n) is 4.79. The fourth-order valence-corrected chi connectivity index (χ4v) is 2.19. The van der Waals surface area contributed by atoms with E-state index in [4.69, 9.17) is 23.2 Å². The van der Waals surface area contributed by atoms with Crippen LogP contribution < -0.4 is 5.32 Å². The first kappa shape index (κ1) is 17.7. The molecule has 1 aromatic carbocycles. The first-order valence-corrected chi connectivity index (χ1v) is 7.25. The highest BCUT2D eigenvalue weighted by molar-refractivity contribution is 6.36. The van der Waals surface area contributed by atoms with Gasteiger partial charge in [-0.05, 0) is 32.9 Å². The Kier molecular flexibility index (Phi) is 6.42. The number of carbonyl (C=O) groups excluding carboxylic acids is 2. The molecule has 0 saturated carbocycles. The van der Waals surface area contributed by atoms with E-state index < -0.39 is 11.7 Å². The lowest BCUT2D eigenvalue weighted by atomic mass is 10.2. The van der Waals surface area contributed by atoms with Gasteiger partial charge in [-0.1, -0.05) is 23.2 Å². The van der Waals surface area contributed by atoms with Crippen molar-refractivity contribution in [3.63, 3.8) is 0 Å². The highest BCUT2D eigenvalue weighted by Crippen LogP contribution is 2.25. The molecule has 0 aliphatic rings. The summed E-state index contributed by atoms with van der Waals surface area (Å²) in [6.45, 7) is 5.54. The molecule has 21 heavy (non-hydrogen) atoms. The van der Waals surface area contributed by atoms with Gasteiger partial charge in [0.2, 0.25) is 5.91 Å². The van der Waals surface area contributed by atoms with E-state index in [1.165, 1.54) is 11.0 Å². The van der Waals surface area contributed by atoms with Gasteiger partial charge >= 0.3 is 0 Å². The number of rotatable bonds is 5. The summed E-state index contributed by atoms with van der Waals surface area (Å²) in [6, 6.07) is 2.13. The Balaban J connectivity index is 2.94. The quantitative estimate of drug-likeness (QED) is 0.841. The van der Waals surface area contributed by atoms with Crippen LogP contribution in [0.15, 0.2) is 12.1 Å². The van der Waals surface area contributed by atoms with Gasteiger partial charge in [-0.25, -0.2) is 4.39 Å². The molecule has 0 aliphatic heterocycles. The summed E-state index contributed by atoms with van der Waals surface area (Å²) in [5.41, 5.74) is -0.0160. The van der Waals surface area contributed by atoms with Gasteiger partial charge in [0.05, 0.1) is 22.2 Å². The Morgan fingerprint density at radius 2 is 1.90 bits per heavy atom. The highest BCUT2D eigenvalue weighted by Gasteiger charge is 2.21. The van der Waals surface area contributed by atoms with Gasteiger partial charge in [-0.2, -0.15) is 0 Å². The smallest absolute Gasteiger partial charge is 0.255 e. The van der Waals surface area contributed by atoms with Crippen molar-refractivity contribution in [3.8, 4) is 0 Å². The molecule has 0 fully saturated rings. The van der Waals surface area contributed by atoms with Gasteiger partial charge in [-0.15, -0.1) is 0 Å². The molecular weight excluding hydrogens is 318 g/mol. The van der Waals surface area contributed by atoms with Crippen LogP contribution in [0.3, 0.4) is 0 Å². The van der Waals surface area contributed by atoms with Crippen LogP contribution in [0.2, 0.25) is 10.0 Å². The Morgan fingerprint density at radius 3 is 2.43 bits per heavy atom. The second-order valence-corrected chi connectivity index (χ2v) is 5.60. The summed E-state index contributed by atoms with van der Waals surface area (Å²) < 4.78 is 13.5. The molecule has 0 unspecified atom stereocenters. The van der Waals surface area contributed by atoms with Gasteiger partial charge in [-0.3, -0.25) is 9.59 Å². The minimum atomic E-state index is -0.730. The number of halogens is 3. The zero-order valence-electron chi connectivity index (χ0n) is 12.0. The molecule has 0 aromatic heterocycles. The molecule has 0 atom stereocenters. The Bertz CT molecular complexity index is 550. The Hall–Kier alpha value is -1.33. The predicted molar refractivity (Wildman–Crippen MR) is 81.3 cm³/mol. The van der Waals surface area contributed by atoms with Crippen LogP contribution in [0.4, 0.5) is 4.39 Å². The van der Waals surface area contributed by atoms with E-state index in [-0.39, 0.29) is 34.1 Å². The number of hydrogen-bond acceptors (Lipinski definition) is 2. The first-order chi connectivity index (χ1) is 9.76. The molecule has 0 heterocycles. The Morgan fingerprint density at radius 1 is 1.29 bits per heavy atom. The third-order valence-corrected chi connectivity index (χ3v) is 3.30. The molecule has 1 N–H and O–H groups in total. The lowest BCUT2D eigenvalue weighted by molar-refractivity contribution is -0.122. The lowest BCUT2D eigenvalue weighted by Gasteiger charge is -2.21. The molecule has 1 aromatic rings. The van der Waals surface area contributed by atoms with Crippen LogP contribution in [0.5, 0.6) is 0 Å². The molecule has 1 rings (SSSR count). The van der Waals surface area contributed by atoms with Gasteiger partial charge in [0.1, 0.15) is 5.82 Å². The zero-order chi connectivity index (χ0) is 16.2. The molecular formula is C14H17Cl2FN2O2. The molecule has 2 amide bonds. The van der Waals surface area contributed by atoms with Crippen molar-refractivity contribution in [1.29, 1.82) is 0 Å². The molecule has 7 heteroatoms. The van der Waals surface area contributed by atoms with Gasteiger partial charge in [0.25, 0.3) is 5.91 Å². The fourth-order valence-electron chi connectivity index (χ4n) is 1.72. The van der Waals surface area contributed by atoms with Crippen molar-refractivity contribution in [2.75, 3.05) is 13.1 Å². The van der Waals surface area contributed by atoms with Crippen LogP contribution in [0.25, 0.3) is 0 Å². The second kappa shape index (κ2) is 7.61. The van der Waals surface area contributed by atoms with Crippen LogP contribution in [0.1, 0.15) is 31.1 Å². The standard InChI is InChI=1S/C14H17Cl2FN2O2/c1-4-19(7-13(20)18-8(2)3)14(21)9-5-12(17)11(16)6-10(9)15/h5-6,8H,4,7H2,1-3H3,(H,18,20). The van der Waals surface area contributed by atoms with Crippen molar-refractivity contribution in [2.45, 2.75) is 26.8 Å². The molecule has 4 nitrogen and oxygen atoms in total. The summed E-state index contributed by atoms with van der Waals surface area (Å²) in [6.07, 6.45) is 0. The number of hydrogen-bond donors (Lipinski definition) is 1. The number of carbonyl (C=O) groups is 2. The maximum atomic E-state index is 13.5. The summed E-state index contributed by atoms with van der Waals surface area (Å²) >= 11 is 11.5. The molecule has 0 radical (unpaired) electrons. The van der Waals surface area contributed by atoms with E-state index in [9.17, 15) is 14.0 Å². The summed E-state index contributed by atoms with van der Waals surface area (Å²) in [5.74, 6) is -1.53. The van der Waals surface area contributed by atoms with Gasteiger partial charge in [0, 0.05) is 12.6 Å². The molecule has 0 spiro atoms. The number of nitrogens with zero attached hydrogens (tertiary/aromatic N) is 1. The first-order valence-electron chi connectivity index (χ1n) is 6.49. The minimum absolute atomic E-state index is 0.0160. The number of nitrogens with one attached hydrogen (secondary N) is 1. The van der Waals surface area contributed by atoms with Gasteiger partial charge in [0.15, 0.2) is 0 Å². The molecule has 0 bridgehead atoms. The molecule has 0 aliphatic carbocycles. The largest absolute Gasteiger partial charge is 0.352 e. The average molecular weight is 335 g/mol. The van der Waals surface area contributed by atoms with Crippen LogP contribution in [-0.4, -0.2) is 35.8 Å². The highest BCUT2D eigenvalue weighted by atomic mass is 35.5. The van der Waals surface area contributed by atoms with Gasteiger partial charge < -0.3 is 10.2 Å². The van der Waals surface area contributed by atoms with E-state index in [1.807, 2.05) is 13.8 Å². The third kappa shape index (κ3) is 4.86. The van der Waals surface area contributed by atoms with E-state index in [0.29, 0.717) is 6.54 Å². The maximum Gasteiger partial charge on any atom is 0.255 e. The summed E-state index contributed by atoms with van der Waals surface area (Å²) in [5, 5.41) is 2.58. The average Bonchev–Trinajstić information content (AvgIpc) is 2.38. The van der Waals surface area contributed by atoms with Crippen molar-refractivity contribution < 1.29 is 14.0 Å². The zero-order valence-corrected chi connectivity index (χ0v) is 13.6.